The maximum atomic E-state index is 13.6. The normalized spacial score (nSPS) is 11.5. The van der Waals surface area contributed by atoms with E-state index in [0.29, 0.717) is 11.3 Å². The molecule has 0 aromatic heterocycles. The average Bonchev–Trinajstić information content (AvgIpc) is 2.75. The Morgan fingerprint density at radius 3 is 2.30 bits per heavy atom. The molecule has 0 saturated carbocycles. The highest BCUT2D eigenvalue weighted by Gasteiger charge is 2.20. The van der Waals surface area contributed by atoms with E-state index in [1.807, 2.05) is 30.3 Å². The monoisotopic (exact) mass is 426 g/mol. The van der Waals surface area contributed by atoms with Crippen molar-refractivity contribution >= 4 is 21.5 Å². The Bertz CT molecular complexity index is 1130. The summed E-state index contributed by atoms with van der Waals surface area (Å²) in [5.41, 5.74) is 2.26. The van der Waals surface area contributed by atoms with Crippen molar-refractivity contribution < 1.29 is 17.6 Å². The van der Waals surface area contributed by atoms with E-state index in [1.54, 1.807) is 31.2 Å². The summed E-state index contributed by atoms with van der Waals surface area (Å²) < 4.78 is 40.5. The molecule has 0 amide bonds. The van der Waals surface area contributed by atoms with E-state index in [0.717, 1.165) is 5.56 Å². The molecule has 0 unspecified atom stereocenters. The Balaban J connectivity index is 1.63. The molecule has 3 rings (SSSR count). The SMILES string of the molecule is Cc1ccc(C(=O)CNc2ccc(S(=O)(=O)N(C)Cc3ccccc3)cc2)cc1F. The van der Waals surface area contributed by atoms with Gasteiger partial charge in [-0.05, 0) is 48.4 Å². The number of sulfonamides is 1. The van der Waals surface area contributed by atoms with E-state index >= 15 is 0 Å². The number of rotatable bonds is 8. The van der Waals surface area contributed by atoms with Gasteiger partial charge in [-0.2, -0.15) is 4.31 Å². The topological polar surface area (TPSA) is 66.5 Å². The molecule has 0 fully saturated rings. The summed E-state index contributed by atoms with van der Waals surface area (Å²) in [6, 6.07) is 19.9. The van der Waals surface area contributed by atoms with Crippen LogP contribution in [0.1, 0.15) is 21.5 Å². The second-order valence-electron chi connectivity index (χ2n) is 7.01. The fourth-order valence-corrected chi connectivity index (χ4v) is 4.06. The second-order valence-corrected chi connectivity index (χ2v) is 9.06. The van der Waals surface area contributed by atoms with Crippen LogP contribution < -0.4 is 5.32 Å². The zero-order valence-corrected chi connectivity index (χ0v) is 17.6. The summed E-state index contributed by atoms with van der Waals surface area (Å²) in [6.07, 6.45) is 0. The van der Waals surface area contributed by atoms with Crippen molar-refractivity contribution in [3.05, 3.63) is 95.3 Å². The van der Waals surface area contributed by atoms with Crippen molar-refractivity contribution in [2.45, 2.75) is 18.4 Å². The maximum absolute atomic E-state index is 13.6. The van der Waals surface area contributed by atoms with Crippen LogP contribution in [0.3, 0.4) is 0 Å². The molecule has 156 valence electrons. The summed E-state index contributed by atoms with van der Waals surface area (Å²) >= 11 is 0. The molecule has 0 aliphatic carbocycles. The Kier molecular flexibility index (Phi) is 6.64. The molecule has 3 aromatic carbocycles. The van der Waals surface area contributed by atoms with Crippen LogP contribution in [0.2, 0.25) is 0 Å². The van der Waals surface area contributed by atoms with Crippen molar-refractivity contribution in [2.24, 2.45) is 0 Å². The highest BCUT2D eigenvalue weighted by Crippen LogP contribution is 2.19. The number of halogens is 1. The van der Waals surface area contributed by atoms with Gasteiger partial charge < -0.3 is 5.32 Å². The first-order valence-corrected chi connectivity index (χ1v) is 10.8. The molecule has 7 heteroatoms. The first-order chi connectivity index (χ1) is 14.3. The lowest BCUT2D eigenvalue weighted by atomic mass is 10.1. The number of hydrogen-bond acceptors (Lipinski definition) is 4. The lowest BCUT2D eigenvalue weighted by molar-refractivity contribution is 0.101. The molecule has 3 aromatic rings. The molecule has 30 heavy (non-hydrogen) atoms. The van der Waals surface area contributed by atoms with Gasteiger partial charge in [0.25, 0.3) is 0 Å². The summed E-state index contributed by atoms with van der Waals surface area (Å²) in [5, 5.41) is 2.94. The molecule has 5 nitrogen and oxygen atoms in total. The predicted octanol–water partition coefficient (Wildman–Crippen LogP) is 4.25. The van der Waals surface area contributed by atoms with Crippen LogP contribution in [-0.4, -0.2) is 32.1 Å². The third-order valence-corrected chi connectivity index (χ3v) is 6.58. The molecular formula is C23H23FN2O3S. The number of nitrogens with zero attached hydrogens (tertiary/aromatic N) is 1. The van der Waals surface area contributed by atoms with Crippen LogP contribution >= 0.6 is 0 Å². The Labute approximate surface area is 176 Å². The maximum Gasteiger partial charge on any atom is 0.243 e. The van der Waals surface area contributed by atoms with Gasteiger partial charge in [0, 0.05) is 24.8 Å². The van der Waals surface area contributed by atoms with Crippen molar-refractivity contribution in [2.75, 3.05) is 18.9 Å². The van der Waals surface area contributed by atoms with Crippen LogP contribution in [0.5, 0.6) is 0 Å². The number of anilines is 1. The molecule has 0 atom stereocenters. The smallest absolute Gasteiger partial charge is 0.243 e. The van der Waals surface area contributed by atoms with Crippen LogP contribution in [0.15, 0.2) is 77.7 Å². The molecular weight excluding hydrogens is 403 g/mol. The predicted molar refractivity (Wildman–Crippen MR) is 115 cm³/mol. The van der Waals surface area contributed by atoms with Crippen molar-refractivity contribution in [1.29, 1.82) is 0 Å². The third kappa shape index (κ3) is 5.11. The molecule has 0 saturated heterocycles. The first kappa shape index (κ1) is 21.7. The van der Waals surface area contributed by atoms with Gasteiger partial charge in [-0.25, -0.2) is 12.8 Å². The first-order valence-electron chi connectivity index (χ1n) is 9.41. The van der Waals surface area contributed by atoms with Gasteiger partial charge in [0.2, 0.25) is 10.0 Å². The number of ketones is 1. The molecule has 0 heterocycles. The third-order valence-electron chi connectivity index (χ3n) is 4.76. The number of benzene rings is 3. The van der Waals surface area contributed by atoms with Crippen molar-refractivity contribution in [3.8, 4) is 0 Å². The second kappa shape index (κ2) is 9.19. The van der Waals surface area contributed by atoms with Crippen LogP contribution in [-0.2, 0) is 16.6 Å². The van der Waals surface area contributed by atoms with E-state index in [4.69, 9.17) is 0 Å². The standard InChI is InChI=1S/C23H23FN2O3S/c1-17-8-9-19(14-22(17)24)23(27)15-25-20-10-12-21(13-11-20)30(28,29)26(2)16-18-6-4-3-5-7-18/h3-14,25H,15-16H2,1-2H3. The summed E-state index contributed by atoms with van der Waals surface area (Å²) in [5.74, 6) is -0.678. The zero-order valence-electron chi connectivity index (χ0n) is 16.8. The van der Waals surface area contributed by atoms with Crippen molar-refractivity contribution in [1.82, 2.24) is 4.31 Å². The van der Waals surface area contributed by atoms with E-state index < -0.39 is 15.8 Å². The minimum Gasteiger partial charge on any atom is -0.378 e. The number of carbonyl (C=O) groups excluding carboxylic acids is 1. The van der Waals surface area contributed by atoms with Gasteiger partial charge in [0.15, 0.2) is 5.78 Å². The van der Waals surface area contributed by atoms with E-state index in [2.05, 4.69) is 5.32 Å². The highest BCUT2D eigenvalue weighted by molar-refractivity contribution is 7.89. The lowest BCUT2D eigenvalue weighted by Gasteiger charge is -2.17. The van der Waals surface area contributed by atoms with E-state index in [9.17, 15) is 17.6 Å². The van der Waals surface area contributed by atoms with Crippen LogP contribution in [0, 0.1) is 12.7 Å². The number of carbonyl (C=O) groups is 1. The minimum atomic E-state index is -3.64. The molecule has 1 N–H and O–H groups in total. The fraction of sp³-hybridized carbons (Fsp3) is 0.174. The Morgan fingerprint density at radius 2 is 1.67 bits per heavy atom. The Hall–Kier alpha value is -3.03. The van der Waals surface area contributed by atoms with Gasteiger partial charge in [-0.1, -0.05) is 42.5 Å². The molecule has 0 radical (unpaired) electrons. The Morgan fingerprint density at radius 1 is 1.00 bits per heavy atom. The highest BCUT2D eigenvalue weighted by atomic mass is 32.2. The van der Waals surface area contributed by atoms with Crippen LogP contribution in [0.25, 0.3) is 0 Å². The largest absolute Gasteiger partial charge is 0.378 e. The number of Topliss-reactive ketones (excluding diaryl/α,β-unsaturated/α-hetero) is 1. The number of hydrogen-bond donors (Lipinski definition) is 1. The molecule has 0 bridgehead atoms. The minimum absolute atomic E-state index is 0.0253. The number of aryl methyl sites for hydroxylation is 1. The molecule has 0 aliphatic rings. The average molecular weight is 427 g/mol. The van der Waals surface area contributed by atoms with E-state index in [-0.39, 0.29) is 29.3 Å². The summed E-state index contributed by atoms with van der Waals surface area (Å²) in [7, 11) is -2.10. The summed E-state index contributed by atoms with van der Waals surface area (Å²) in [4.78, 5) is 12.4. The van der Waals surface area contributed by atoms with Gasteiger partial charge in [-0.15, -0.1) is 0 Å². The molecule has 0 spiro atoms. The van der Waals surface area contributed by atoms with Crippen LogP contribution in [0.4, 0.5) is 10.1 Å². The lowest BCUT2D eigenvalue weighted by Crippen LogP contribution is -2.26. The quantitative estimate of drug-likeness (QED) is 0.547. The van der Waals surface area contributed by atoms with Crippen molar-refractivity contribution in [3.63, 3.8) is 0 Å². The molecule has 0 aliphatic heterocycles. The van der Waals surface area contributed by atoms with Gasteiger partial charge in [0.1, 0.15) is 5.82 Å². The fourth-order valence-electron chi connectivity index (χ4n) is 2.90. The van der Waals surface area contributed by atoms with Gasteiger partial charge in [0.05, 0.1) is 11.4 Å². The van der Waals surface area contributed by atoms with Gasteiger partial charge in [-0.3, -0.25) is 4.79 Å². The van der Waals surface area contributed by atoms with Gasteiger partial charge >= 0.3 is 0 Å². The van der Waals surface area contributed by atoms with E-state index in [1.165, 1.54) is 29.6 Å². The number of nitrogens with one attached hydrogen (secondary N) is 1. The summed E-state index contributed by atoms with van der Waals surface area (Å²) in [6.45, 7) is 1.88. The zero-order chi connectivity index (χ0) is 21.7.